The number of nitrogens with one attached hydrogen (secondary N) is 2. The van der Waals surface area contributed by atoms with Crippen LogP contribution < -0.4 is 10.6 Å². The Morgan fingerprint density at radius 1 is 1.50 bits per heavy atom. The molecule has 0 heterocycles. The van der Waals surface area contributed by atoms with Crippen LogP contribution >= 0.6 is 0 Å². The Balaban J connectivity index is 2.26. The van der Waals surface area contributed by atoms with Gasteiger partial charge in [-0.05, 0) is 25.7 Å². The largest absolute Gasteiger partial charge is 0.480 e. The van der Waals surface area contributed by atoms with Gasteiger partial charge in [-0.3, -0.25) is 0 Å². The number of hydrogen-bond acceptors (Lipinski definition) is 2. The molecule has 1 atom stereocenters. The summed E-state index contributed by atoms with van der Waals surface area (Å²) < 4.78 is 0. The Morgan fingerprint density at radius 2 is 2.14 bits per heavy atom. The van der Waals surface area contributed by atoms with Crippen LogP contribution in [0.5, 0.6) is 0 Å². The fraction of sp³-hybridized carbons (Fsp3) is 0.778. The van der Waals surface area contributed by atoms with Gasteiger partial charge in [0.25, 0.3) is 0 Å². The molecule has 5 nitrogen and oxygen atoms in total. The molecule has 80 valence electrons. The van der Waals surface area contributed by atoms with Gasteiger partial charge in [-0.15, -0.1) is 0 Å². The van der Waals surface area contributed by atoms with Gasteiger partial charge in [-0.1, -0.05) is 6.92 Å². The average Bonchev–Trinajstić information content (AvgIpc) is 2.07. The smallest absolute Gasteiger partial charge is 0.326 e. The first kappa shape index (κ1) is 10.8. The molecule has 1 rings (SSSR count). The van der Waals surface area contributed by atoms with Crippen molar-refractivity contribution in [1.82, 2.24) is 10.6 Å². The molecule has 3 N–H and O–H groups in total. The molecule has 1 fully saturated rings. The predicted octanol–water partition coefficient (Wildman–Crippen LogP) is 0.701. The second-order valence-electron chi connectivity index (χ2n) is 3.54. The van der Waals surface area contributed by atoms with E-state index in [4.69, 9.17) is 5.11 Å². The van der Waals surface area contributed by atoms with Gasteiger partial charge in [-0.25, -0.2) is 9.59 Å². The van der Waals surface area contributed by atoms with Crippen LogP contribution in [0.2, 0.25) is 0 Å². The Bertz CT molecular complexity index is 226. The third-order valence-electron chi connectivity index (χ3n) is 2.45. The molecule has 0 aromatic heterocycles. The zero-order valence-corrected chi connectivity index (χ0v) is 8.25. The summed E-state index contributed by atoms with van der Waals surface area (Å²) >= 11 is 0. The van der Waals surface area contributed by atoms with Crippen molar-refractivity contribution in [1.29, 1.82) is 0 Å². The van der Waals surface area contributed by atoms with Crippen molar-refractivity contribution in [3.05, 3.63) is 0 Å². The van der Waals surface area contributed by atoms with Gasteiger partial charge in [0.1, 0.15) is 6.04 Å². The van der Waals surface area contributed by atoms with Gasteiger partial charge in [0.05, 0.1) is 0 Å². The van der Waals surface area contributed by atoms with Gasteiger partial charge in [-0.2, -0.15) is 0 Å². The summed E-state index contributed by atoms with van der Waals surface area (Å²) in [7, 11) is 0. The van der Waals surface area contributed by atoms with Crippen LogP contribution in [0.4, 0.5) is 4.79 Å². The SMILES string of the molecule is CCC(NC(=O)NC1CCC1)C(=O)O. The van der Waals surface area contributed by atoms with E-state index in [2.05, 4.69) is 10.6 Å². The molecule has 0 bridgehead atoms. The molecule has 2 amide bonds. The number of amides is 2. The normalized spacial score (nSPS) is 18.1. The second kappa shape index (κ2) is 4.83. The number of urea groups is 1. The fourth-order valence-electron chi connectivity index (χ4n) is 1.28. The Morgan fingerprint density at radius 3 is 2.50 bits per heavy atom. The molecule has 1 unspecified atom stereocenters. The lowest BCUT2D eigenvalue weighted by Crippen LogP contribution is -2.50. The number of rotatable bonds is 4. The van der Waals surface area contributed by atoms with Gasteiger partial charge in [0, 0.05) is 6.04 Å². The van der Waals surface area contributed by atoms with Gasteiger partial charge in [0.2, 0.25) is 0 Å². The molecule has 0 aromatic carbocycles. The molecule has 0 spiro atoms. The van der Waals surface area contributed by atoms with E-state index >= 15 is 0 Å². The summed E-state index contributed by atoms with van der Waals surface area (Å²) in [4.78, 5) is 21.8. The lowest BCUT2D eigenvalue weighted by molar-refractivity contribution is -0.139. The van der Waals surface area contributed by atoms with E-state index in [1.54, 1.807) is 6.92 Å². The van der Waals surface area contributed by atoms with E-state index < -0.39 is 12.0 Å². The minimum atomic E-state index is -0.990. The highest BCUT2D eigenvalue weighted by Crippen LogP contribution is 2.17. The summed E-state index contributed by atoms with van der Waals surface area (Å²) in [5, 5.41) is 13.8. The van der Waals surface area contributed by atoms with Crippen molar-refractivity contribution in [2.75, 3.05) is 0 Å². The van der Waals surface area contributed by atoms with E-state index in [0.29, 0.717) is 6.42 Å². The van der Waals surface area contributed by atoms with Crippen LogP contribution in [0.3, 0.4) is 0 Å². The summed E-state index contributed by atoms with van der Waals surface area (Å²) in [6, 6.07) is -0.916. The quantitative estimate of drug-likeness (QED) is 0.625. The number of hydrogen-bond donors (Lipinski definition) is 3. The van der Waals surface area contributed by atoms with Crippen LogP contribution in [0.1, 0.15) is 32.6 Å². The number of carboxylic acid groups (broad SMARTS) is 1. The van der Waals surface area contributed by atoms with Crippen molar-refractivity contribution in [2.45, 2.75) is 44.7 Å². The molecule has 1 aliphatic rings. The van der Waals surface area contributed by atoms with Crippen molar-refractivity contribution in [2.24, 2.45) is 0 Å². The third-order valence-corrected chi connectivity index (χ3v) is 2.45. The summed E-state index contributed by atoms with van der Waals surface area (Å²) in [6.45, 7) is 1.72. The zero-order valence-electron chi connectivity index (χ0n) is 8.25. The van der Waals surface area contributed by atoms with Crippen LogP contribution in [0.25, 0.3) is 0 Å². The zero-order chi connectivity index (χ0) is 10.6. The summed E-state index contributed by atoms with van der Waals surface area (Å²) in [6.07, 6.45) is 3.53. The highest BCUT2D eigenvalue weighted by molar-refractivity contribution is 5.82. The summed E-state index contributed by atoms with van der Waals surface area (Å²) in [5.74, 6) is -0.990. The van der Waals surface area contributed by atoms with E-state index in [1.807, 2.05) is 0 Å². The lowest BCUT2D eigenvalue weighted by Gasteiger charge is -2.27. The first-order valence-corrected chi connectivity index (χ1v) is 4.93. The minimum absolute atomic E-state index is 0.237. The van der Waals surface area contributed by atoms with Gasteiger partial charge in [0.15, 0.2) is 0 Å². The topological polar surface area (TPSA) is 78.4 Å². The standard InChI is InChI=1S/C9H16N2O3/c1-2-7(8(12)13)11-9(14)10-6-4-3-5-6/h6-7H,2-5H2,1H3,(H,12,13)(H2,10,11,14). The molecule has 14 heavy (non-hydrogen) atoms. The molecular formula is C9H16N2O3. The van der Waals surface area contributed by atoms with E-state index in [9.17, 15) is 9.59 Å². The monoisotopic (exact) mass is 200 g/mol. The Labute approximate surface area is 82.9 Å². The lowest BCUT2D eigenvalue weighted by atomic mass is 9.93. The Hall–Kier alpha value is -1.26. The number of carbonyl (C=O) groups is 2. The summed E-state index contributed by atoms with van der Waals surface area (Å²) in [5.41, 5.74) is 0. The van der Waals surface area contributed by atoms with Gasteiger partial charge < -0.3 is 15.7 Å². The van der Waals surface area contributed by atoms with Crippen molar-refractivity contribution in [3.63, 3.8) is 0 Å². The molecule has 0 saturated heterocycles. The van der Waals surface area contributed by atoms with E-state index in [0.717, 1.165) is 19.3 Å². The predicted molar refractivity (Wildman–Crippen MR) is 51.0 cm³/mol. The second-order valence-corrected chi connectivity index (χ2v) is 3.54. The average molecular weight is 200 g/mol. The van der Waals surface area contributed by atoms with Crippen LogP contribution in [-0.2, 0) is 4.79 Å². The number of carboxylic acids is 1. The number of aliphatic carboxylic acids is 1. The molecule has 5 heteroatoms. The van der Waals surface area contributed by atoms with Crippen molar-refractivity contribution >= 4 is 12.0 Å². The van der Waals surface area contributed by atoms with Crippen molar-refractivity contribution in [3.8, 4) is 0 Å². The van der Waals surface area contributed by atoms with Crippen LogP contribution in [0, 0.1) is 0 Å². The maximum atomic E-state index is 11.2. The maximum absolute atomic E-state index is 11.2. The maximum Gasteiger partial charge on any atom is 0.326 e. The molecule has 0 aromatic rings. The van der Waals surface area contributed by atoms with Gasteiger partial charge >= 0.3 is 12.0 Å². The van der Waals surface area contributed by atoms with E-state index in [-0.39, 0.29) is 12.1 Å². The molecule has 0 aliphatic heterocycles. The number of carbonyl (C=O) groups excluding carboxylic acids is 1. The molecule has 0 radical (unpaired) electrons. The first-order chi connectivity index (χ1) is 6.63. The fourth-order valence-corrected chi connectivity index (χ4v) is 1.28. The molecular weight excluding hydrogens is 184 g/mol. The van der Waals surface area contributed by atoms with Crippen molar-refractivity contribution < 1.29 is 14.7 Å². The van der Waals surface area contributed by atoms with Crippen LogP contribution in [-0.4, -0.2) is 29.2 Å². The Kier molecular flexibility index (Phi) is 3.73. The highest BCUT2D eigenvalue weighted by Gasteiger charge is 2.22. The molecule has 1 aliphatic carbocycles. The molecule has 1 saturated carbocycles. The van der Waals surface area contributed by atoms with Crippen LogP contribution in [0.15, 0.2) is 0 Å². The van der Waals surface area contributed by atoms with E-state index in [1.165, 1.54) is 0 Å². The first-order valence-electron chi connectivity index (χ1n) is 4.93. The highest BCUT2D eigenvalue weighted by atomic mass is 16.4. The minimum Gasteiger partial charge on any atom is -0.480 e. The third kappa shape index (κ3) is 2.90.